The number of amides is 1. The third-order valence-corrected chi connectivity index (χ3v) is 4.56. The Kier molecular flexibility index (Phi) is 5.74. The van der Waals surface area contributed by atoms with Crippen molar-refractivity contribution in [2.45, 2.75) is 44.9 Å². The molecule has 21 heavy (non-hydrogen) atoms. The highest BCUT2D eigenvalue weighted by Crippen LogP contribution is 2.27. The quantitative estimate of drug-likeness (QED) is 0.682. The maximum atomic E-state index is 12.5. The van der Waals surface area contributed by atoms with Crippen LogP contribution in [0.5, 0.6) is 0 Å². The van der Waals surface area contributed by atoms with Crippen LogP contribution in [0, 0.1) is 5.92 Å². The molecule has 0 aromatic heterocycles. The Morgan fingerprint density at radius 2 is 1.86 bits per heavy atom. The third-order valence-electron chi connectivity index (χ3n) is 4.34. The Morgan fingerprint density at radius 1 is 1.24 bits per heavy atom. The van der Waals surface area contributed by atoms with Crippen LogP contribution in [0.1, 0.15) is 50.5 Å². The van der Waals surface area contributed by atoms with Crippen LogP contribution in [-0.4, -0.2) is 17.9 Å². The van der Waals surface area contributed by atoms with Crippen LogP contribution in [0.15, 0.2) is 24.3 Å². The Labute approximate surface area is 132 Å². The molecule has 1 saturated carbocycles. The molecule has 1 aliphatic rings. The summed E-state index contributed by atoms with van der Waals surface area (Å²) < 4.78 is 0. The molecule has 0 saturated heterocycles. The molecule has 1 fully saturated rings. The van der Waals surface area contributed by atoms with Crippen molar-refractivity contribution in [1.82, 2.24) is 0 Å². The molecule has 1 aromatic rings. The minimum absolute atomic E-state index is 0.158. The first-order valence-corrected chi connectivity index (χ1v) is 8.16. The number of thiocarbonyl (C=S) groups is 1. The summed E-state index contributed by atoms with van der Waals surface area (Å²) in [7, 11) is 1.82. The van der Waals surface area contributed by atoms with E-state index in [-0.39, 0.29) is 5.91 Å². The zero-order valence-electron chi connectivity index (χ0n) is 12.7. The highest BCUT2D eigenvalue weighted by molar-refractivity contribution is 7.80. The molecule has 0 unspecified atom stereocenters. The van der Waals surface area contributed by atoms with Crippen molar-refractivity contribution >= 4 is 28.8 Å². The molecule has 0 aliphatic heterocycles. The van der Waals surface area contributed by atoms with Gasteiger partial charge in [-0.2, -0.15) is 0 Å². The summed E-state index contributed by atoms with van der Waals surface area (Å²) >= 11 is 5.07. The number of hydrogen-bond donors (Lipinski definition) is 1. The maximum Gasteiger partial charge on any atom is 0.227 e. The van der Waals surface area contributed by atoms with Crippen LogP contribution >= 0.6 is 12.2 Å². The molecule has 2 N–H and O–H groups in total. The summed E-state index contributed by atoms with van der Waals surface area (Å²) in [5.41, 5.74) is 7.33. The first-order valence-electron chi connectivity index (χ1n) is 7.75. The number of benzene rings is 1. The fraction of sp³-hybridized carbons (Fsp3) is 0.529. The lowest BCUT2D eigenvalue weighted by atomic mass is 9.96. The Morgan fingerprint density at radius 3 is 2.48 bits per heavy atom. The zero-order chi connectivity index (χ0) is 15.2. The number of rotatable bonds is 4. The number of nitrogens with zero attached hydrogens (tertiary/aromatic N) is 1. The fourth-order valence-corrected chi connectivity index (χ4v) is 3.23. The first-order chi connectivity index (χ1) is 10.1. The minimum Gasteiger partial charge on any atom is -0.389 e. The minimum atomic E-state index is 0.158. The maximum absolute atomic E-state index is 12.5. The van der Waals surface area contributed by atoms with Gasteiger partial charge in [-0.1, -0.05) is 50.0 Å². The summed E-state index contributed by atoms with van der Waals surface area (Å²) in [5, 5.41) is 0. The first kappa shape index (κ1) is 16.0. The van der Waals surface area contributed by atoms with Gasteiger partial charge in [-0.3, -0.25) is 4.79 Å². The monoisotopic (exact) mass is 304 g/mol. The lowest BCUT2D eigenvalue weighted by Gasteiger charge is -2.23. The lowest BCUT2D eigenvalue weighted by Crippen LogP contribution is -2.30. The number of para-hydroxylation sites is 1. The number of nitrogens with two attached hydrogens (primary N) is 1. The van der Waals surface area contributed by atoms with Gasteiger partial charge in [-0.25, -0.2) is 0 Å². The normalized spacial score (nSPS) is 16.2. The molecule has 0 radical (unpaired) electrons. The van der Waals surface area contributed by atoms with E-state index >= 15 is 0 Å². The molecule has 0 bridgehead atoms. The number of carbonyl (C=O) groups excluding carboxylic acids is 1. The van der Waals surface area contributed by atoms with Crippen molar-refractivity contribution < 1.29 is 4.79 Å². The van der Waals surface area contributed by atoms with Crippen LogP contribution in [0.3, 0.4) is 0 Å². The molecular weight excluding hydrogens is 280 g/mol. The standard InChI is InChI=1S/C17H24N2OS/c1-19(15-11-7-6-10-14(15)17(18)21)16(20)12-13-8-4-2-3-5-9-13/h6-7,10-11,13H,2-5,8-9,12H2,1H3,(H2,18,21). The van der Waals surface area contributed by atoms with Gasteiger partial charge in [0.05, 0.1) is 5.69 Å². The number of carbonyl (C=O) groups is 1. The van der Waals surface area contributed by atoms with Gasteiger partial charge < -0.3 is 10.6 Å². The van der Waals surface area contributed by atoms with Crippen LogP contribution in [0.2, 0.25) is 0 Å². The largest absolute Gasteiger partial charge is 0.389 e. The molecule has 1 amide bonds. The third kappa shape index (κ3) is 4.27. The number of hydrogen-bond acceptors (Lipinski definition) is 2. The van der Waals surface area contributed by atoms with Crippen molar-refractivity contribution in [2.75, 3.05) is 11.9 Å². The second-order valence-electron chi connectivity index (χ2n) is 5.90. The van der Waals surface area contributed by atoms with Crippen molar-refractivity contribution in [3.63, 3.8) is 0 Å². The van der Waals surface area contributed by atoms with Crippen LogP contribution < -0.4 is 10.6 Å². The van der Waals surface area contributed by atoms with Crippen LogP contribution in [0.4, 0.5) is 5.69 Å². The van der Waals surface area contributed by atoms with Gasteiger partial charge >= 0.3 is 0 Å². The smallest absolute Gasteiger partial charge is 0.227 e. The van der Waals surface area contributed by atoms with E-state index in [4.69, 9.17) is 18.0 Å². The van der Waals surface area contributed by atoms with Gasteiger partial charge in [0.25, 0.3) is 0 Å². The van der Waals surface area contributed by atoms with Gasteiger partial charge in [-0.05, 0) is 30.9 Å². The predicted octanol–water partition coefficient (Wildman–Crippen LogP) is 3.64. The van der Waals surface area contributed by atoms with E-state index in [9.17, 15) is 4.79 Å². The molecule has 4 heteroatoms. The fourth-order valence-electron chi connectivity index (χ4n) is 3.06. The summed E-state index contributed by atoms with van der Waals surface area (Å²) in [6, 6.07) is 7.57. The molecule has 0 spiro atoms. The average molecular weight is 304 g/mol. The van der Waals surface area contributed by atoms with Gasteiger partial charge in [0, 0.05) is 19.0 Å². The molecule has 1 aliphatic carbocycles. The molecule has 2 rings (SSSR count). The highest BCUT2D eigenvalue weighted by Gasteiger charge is 2.20. The molecule has 3 nitrogen and oxygen atoms in total. The van der Waals surface area contributed by atoms with E-state index in [1.165, 1.54) is 38.5 Å². The van der Waals surface area contributed by atoms with Gasteiger partial charge in [0.2, 0.25) is 5.91 Å². The second kappa shape index (κ2) is 7.55. The zero-order valence-corrected chi connectivity index (χ0v) is 13.5. The Balaban J connectivity index is 2.06. The van der Waals surface area contributed by atoms with Gasteiger partial charge in [-0.15, -0.1) is 0 Å². The lowest BCUT2D eigenvalue weighted by molar-refractivity contribution is -0.119. The summed E-state index contributed by atoms with van der Waals surface area (Å²) in [6.07, 6.45) is 8.11. The van der Waals surface area contributed by atoms with Gasteiger partial charge in [0.15, 0.2) is 0 Å². The van der Waals surface area contributed by atoms with Crippen molar-refractivity contribution in [3.8, 4) is 0 Å². The summed E-state index contributed by atoms with van der Waals surface area (Å²) in [4.78, 5) is 14.6. The summed E-state index contributed by atoms with van der Waals surface area (Å²) in [5.74, 6) is 0.685. The van der Waals surface area contributed by atoms with E-state index in [2.05, 4.69) is 0 Å². The second-order valence-corrected chi connectivity index (χ2v) is 6.34. The van der Waals surface area contributed by atoms with E-state index in [0.29, 0.717) is 17.3 Å². The van der Waals surface area contributed by atoms with E-state index < -0.39 is 0 Å². The van der Waals surface area contributed by atoms with E-state index in [1.807, 2.05) is 31.3 Å². The van der Waals surface area contributed by atoms with Crippen LogP contribution in [0.25, 0.3) is 0 Å². The molecule has 1 aromatic carbocycles. The topological polar surface area (TPSA) is 46.3 Å². The predicted molar refractivity (Wildman–Crippen MR) is 91.5 cm³/mol. The molecule has 0 heterocycles. The van der Waals surface area contributed by atoms with Crippen molar-refractivity contribution in [3.05, 3.63) is 29.8 Å². The number of anilines is 1. The highest BCUT2D eigenvalue weighted by atomic mass is 32.1. The SMILES string of the molecule is CN(C(=O)CC1CCCCCC1)c1ccccc1C(N)=S. The van der Waals surface area contributed by atoms with Crippen LogP contribution in [-0.2, 0) is 4.79 Å². The van der Waals surface area contributed by atoms with E-state index in [1.54, 1.807) is 4.90 Å². The van der Waals surface area contributed by atoms with Crippen molar-refractivity contribution in [1.29, 1.82) is 0 Å². The Bertz CT molecular complexity index is 507. The Hall–Kier alpha value is -1.42. The van der Waals surface area contributed by atoms with Crippen molar-refractivity contribution in [2.24, 2.45) is 11.7 Å². The average Bonchev–Trinajstić information content (AvgIpc) is 2.75. The molecule has 0 atom stereocenters. The van der Waals surface area contributed by atoms with Gasteiger partial charge in [0.1, 0.15) is 4.99 Å². The summed E-state index contributed by atoms with van der Waals surface area (Å²) in [6.45, 7) is 0. The molecular formula is C17H24N2OS. The van der Waals surface area contributed by atoms with E-state index in [0.717, 1.165) is 11.3 Å². The molecule has 114 valence electrons.